The van der Waals surface area contributed by atoms with Crippen molar-refractivity contribution in [3.63, 3.8) is 0 Å². The molecule has 0 rings (SSSR count). The molecule has 16 heavy (non-hydrogen) atoms. The van der Waals surface area contributed by atoms with E-state index in [1.54, 1.807) is 0 Å². The number of rotatable bonds is 10. The van der Waals surface area contributed by atoms with E-state index in [0.717, 1.165) is 19.3 Å². The zero-order valence-corrected chi connectivity index (χ0v) is 10.4. The summed E-state index contributed by atoms with van der Waals surface area (Å²) in [6.45, 7) is 0. The Morgan fingerprint density at radius 3 is 1.62 bits per heavy atom. The highest BCUT2D eigenvalue weighted by atomic mass is 13.9. The molecule has 88 valence electrons. The fourth-order valence-corrected chi connectivity index (χ4v) is 1.57. The van der Waals surface area contributed by atoms with Crippen LogP contribution in [-0.4, -0.2) is 0 Å². The Morgan fingerprint density at radius 2 is 1.06 bits per heavy atom. The van der Waals surface area contributed by atoms with Crippen LogP contribution in [0.15, 0.2) is 12.2 Å². The van der Waals surface area contributed by atoms with Crippen molar-refractivity contribution in [1.82, 2.24) is 0 Å². The van der Waals surface area contributed by atoms with Gasteiger partial charge < -0.3 is 0 Å². The molecule has 0 fully saturated rings. The lowest BCUT2D eigenvalue weighted by Gasteiger charge is -1.96. The average Bonchev–Trinajstić information content (AvgIpc) is 2.31. The van der Waals surface area contributed by atoms with Gasteiger partial charge >= 0.3 is 0 Å². The van der Waals surface area contributed by atoms with Crippen molar-refractivity contribution in [1.29, 1.82) is 0 Å². The van der Waals surface area contributed by atoms with Crippen LogP contribution in [0.1, 0.15) is 64.2 Å². The molecule has 0 aliphatic heterocycles. The van der Waals surface area contributed by atoms with Gasteiger partial charge in [-0.1, -0.05) is 25.0 Å². The fourth-order valence-electron chi connectivity index (χ4n) is 1.57. The van der Waals surface area contributed by atoms with E-state index in [1.165, 1.54) is 44.9 Å². The standard InChI is InChI=1S/C16H24/c1-3-5-7-9-11-13-15-16-14-12-10-8-6-4-2/h1-2,13,15H,5-12,14,16H2/b15-13+. The molecule has 0 aromatic heterocycles. The molecule has 0 unspecified atom stereocenters. The van der Waals surface area contributed by atoms with E-state index in [-0.39, 0.29) is 0 Å². The van der Waals surface area contributed by atoms with Gasteiger partial charge in [-0.15, -0.1) is 24.7 Å². The first-order chi connectivity index (χ1) is 7.91. The molecule has 0 heterocycles. The van der Waals surface area contributed by atoms with Gasteiger partial charge in [-0.05, 0) is 38.5 Å². The van der Waals surface area contributed by atoms with Crippen molar-refractivity contribution in [2.75, 3.05) is 0 Å². The molecule has 0 aliphatic rings. The van der Waals surface area contributed by atoms with Crippen molar-refractivity contribution < 1.29 is 0 Å². The summed E-state index contributed by atoms with van der Waals surface area (Å²) in [6, 6.07) is 0. The van der Waals surface area contributed by atoms with Crippen molar-refractivity contribution in [3.8, 4) is 24.7 Å². The lowest BCUT2D eigenvalue weighted by Crippen LogP contribution is -1.77. The zero-order valence-electron chi connectivity index (χ0n) is 10.4. The minimum Gasteiger partial charge on any atom is -0.120 e. The average molecular weight is 216 g/mol. The van der Waals surface area contributed by atoms with Crippen LogP contribution in [0.2, 0.25) is 0 Å². The van der Waals surface area contributed by atoms with Gasteiger partial charge in [-0.2, -0.15) is 0 Å². The van der Waals surface area contributed by atoms with Crippen LogP contribution >= 0.6 is 0 Å². The Morgan fingerprint density at radius 1 is 0.625 bits per heavy atom. The van der Waals surface area contributed by atoms with Crippen molar-refractivity contribution in [2.45, 2.75) is 64.2 Å². The van der Waals surface area contributed by atoms with E-state index in [1.807, 2.05) is 0 Å². The quantitative estimate of drug-likeness (QED) is 0.282. The molecule has 0 atom stereocenters. The van der Waals surface area contributed by atoms with Gasteiger partial charge in [0, 0.05) is 12.8 Å². The number of terminal acetylenes is 2. The molecule has 0 aliphatic carbocycles. The molecule has 0 saturated carbocycles. The SMILES string of the molecule is C#CCCCC/C=C/CCCCCCC#C. The minimum absolute atomic E-state index is 0.920. The van der Waals surface area contributed by atoms with E-state index in [0.29, 0.717) is 0 Å². The third-order valence-corrected chi connectivity index (χ3v) is 2.55. The predicted octanol–water partition coefficient (Wildman–Crippen LogP) is 4.71. The highest BCUT2D eigenvalue weighted by Crippen LogP contribution is 2.06. The molecule has 0 amide bonds. The highest BCUT2D eigenvalue weighted by molar-refractivity contribution is 4.85. The topological polar surface area (TPSA) is 0 Å². The van der Waals surface area contributed by atoms with E-state index in [2.05, 4.69) is 24.0 Å². The lowest BCUT2D eigenvalue weighted by atomic mass is 10.1. The van der Waals surface area contributed by atoms with Crippen LogP contribution in [-0.2, 0) is 0 Å². The molecule has 0 radical (unpaired) electrons. The van der Waals surface area contributed by atoms with E-state index >= 15 is 0 Å². The van der Waals surface area contributed by atoms with Crippen molar-refractivity contribution in [2.24, 2.45) is 0 Å². The van der Waals surface area contributed by atoms with Crippen LogP contribution in [0.5, 0.6) is 0 Å². The molecule has 0 heteroatoms. The Hall–Kier alpha value is -1.14. The first kappa shape index (κ1) is 14.9. The second-order valence-electron chi connectivity index (χ2n) is 4.08. The second kappa shape index (κ2) is 13.9. The summed E-state index contributed by atoms with van der Waals surface area (Å²) in [6.07, 6.45) is 26.7. The predicted molar refractivity (Wildman–Crippen MR) is 73.0 cm³/mol. The maximum Gasteiger partial charge on any atom is 0.00861 e. The summed E-state index contributed by atoms with van der Waals surface area (Å²) in [4.78, 5) is 0. The Kier molecular flexibility index (Phi) is 12.9. The normalized spacial score (nSPS) is 10.1. The molecule has 0 bridgehead atoms. The van der Waals surface area contributed by atoms with Crippen LogP contribution < -0.4 is 0 Å². The van der Waals surface area contributed by atoms with Gasteiger partial charge in [0.2, 0.25) is 0 Å². The maximum absolute atomic E-state index is 5.19. The van der Waals surface area contributed by atoms with Gasteiger partial charge in [-0.25, -0.2) is 0 Å². The molecular weight excluding hydrogens is 192 g/mol. The largest absolute Gasteiger partial charge is 0.120 e. The molecule has 0 aromatic carbocycles. The van der Waals surface area contributed by atoms with E-state index in [9.17, 15) is 0 Å². The first-order valence-corrected chi connectivity index (χ1v) is 6.43. The van der Waals surface area contributed by atoms with Gasteiger partial charge in [-0.3, -0.25) is 0 Å². The Labute approximate surface area is 102 Å². The molecule has 0 N–H and O–H groups in total. The van der Waals surface area contributed by atoms with Crippen LogP contribution in [0.4, 0.5) is 0 Å². The van der Waals surface area contributed by atoms with Gasteiger partial charge in [0.25, 0.3) is 0 Å². The lowest BCUT2D eigenvalue weighted by molar-refractivity contribution is 0.655. The zero-order chi connectivity index (χ0) is 11.9. The number of hydrogen-bond acceptors (Lipinski definition) is 0. The summed E-state index contributed by atoms with van der Waals surface area (Å²) in [5.74, 6) is 5.34. The minimum atomic E-state index is 0.920. The molecular formula is C16H24. The molecule has 0 aromatic rings. The summed E-state index contributed by atoms with van der Waals surface area (Å²) in [7, 11) is 0. The van der Waals surface area contributed by atoms with Crippen LogP contribution in [0.3, 0.4) is 0 Å². The molecule has 0 spiro atoms. The van der Waals surface area contributed by atoms with Crippen LogP contribution in [0, 0.1) is 24.7 Å². The third-order valence-electron chi connectivity index (χ3n) is 2.55. The maximum atomic E-state index is 5.19. The van der Waals surface area contributed by atoms with Crippen molar-refractivity contribution in [3.05, 3.63) is 12.2 Å². The second-order valence-corrected chi connectivity index (χ2v) is 4.08. The monoisotopic (exact) mass is 216 g/mol. The van der Waals surface area contributed by atoms with E-state index < -0.39 is 0 Å². The number of unbranched alkanes of at least 4 members (excludes halogenated alkanes) is 8. The number of hydrogen-bond donors (Lipinski definition) is 0. The first-order valence-electron chi connectivity index (χ1n) is 6.43. The Bertz CT molecular complexity index is 234. The smallest absolute Gasteiger partial charge is 0.00861 e. The summed E-state index contributed by atoms with van der Waals surface area (Å²) >= 11 is 0. The number of allylic oxidation sites excluding steroid dienone is 2. The summed E-state index contributed by atoms with van der Waals surface area (Å²) in [5.41, 5.74) is 0. The van der Waals surface area contributed by atoms with Gasteiger partial charge in [0.1, 0.15) is 0 Å². The summed E-state index contributed by atoms with van der Waals surface area (Å²) < 4.78 is 0. The third kappa shape index (κ3) is 12.9. The highest BCUT2D eigenvalue weighted by Gasteiger charge is 1.87. The fraction of sp³-hybridized carbons (Fsp3) is 0.625. The molecule has 0 saturated heterocycles. The van der Waals surface area contributed by atoms with Gasteiger partial charge in [0.15, 0.2) is 0 Å². The van der Waals surface area contributed by atoms with Gasteiger partial charge in [0.05, 0.1) is 0 Å². The van der Waals surface area contributed by atoms with E-state index in [4.69, 9.17) is 12.8 Å². The Balaban J connectivity index is 3.05. The molecule has 0 nitrogen and oxygen atoms in total. The van der Waals surface area contributed by atoms with Crippen LogP contribution in [0.25, 0.3) is 0 Å². The van der Waals surface area contributed by atoms with Crippen molar-refractivity contribution >= 4 is 0 Å². The summed E-state index contributed by atoms with van der Waals surface area (Å²) in [5, 5.41) is 0.